The normalized spacial score (nSPS) is 18.0. The molecule has 1 unspecified atom stereocenters. The summed E-state index contributed by atoms with van der Waals surface area (Å²) in [4.78, 5) is 11.1. The maximum Gasteiger partial charge on any atom is 0.191 e. The van der Waals surface area contributed by atoms with Crippen LogP contribution in [-0.4, -0.2) is 48.6 Å². The first-order valence-corrected chi connectivity index (χ1v) is 9.57. The smallest absolute Gasteiger partial charge is 0.191 e. The van der Waals surface area contributed by atoms with Gasteiger partial charge in [-0.15, -0.1) is 0 Å². The monoisotopic (exact) mass is 335 g/mol. The lowest BCUT2D eigenvalue weighted by molar-refractivity contribution is 0.725. The Hall–Kier alpha value is -1.43. The molecule has 23 heavy (non-hydrogen) atoms. The zero-order chi connectivity index (χ0) is 16.5. The molecule has 1 aromatic rings. The third-order valence-corrected chi connectivity index (χ3v) is 5.50. The predicted molar refractivity (Wildman–Crippen MR) is 101 cm³/mol. The van der Waals surface area contributed by atoms with Crippen LogP contribution in [0.25, 0.3) is 0 Å². The average molecular weight is 336 g/mol. The number of aliphatic imine (C=N–C) groups is 1. The van der Waals surface area contributed by atoms with E-state index in [4.69, 9.17) is 0 Å². The lowest BCUT2D eigenvalue weighted by atomic mass is 10.2. The molecular weight excluding hydrogens is 306 g/mol. The molecule has 2 N–H and O–H groups in total. The van der Waals surface area contributed by atoms with Gasteiger partial charge in [-0.1, -0.05) is 6.07 Å². The minimum absolute atomic E-state index is 0.726. The Labute approximate surface area is 144 Å². The van der Waals surface area contributed by atoms with E-state index in [-0.39, 0.29) is 0 Å². The minimum atomic E-state index is 0.726. The van der Waals surface area contributed by atoms with Crippen LogP contribution < -0.4 is 15.5 Å². The first kappa shape index (κ1) is 17.9. The van der Waals surface area contributed by atoms with E-state index in [0.717, 1.165) is 43.2 Å². The van der Waals surface area contributed by atoms with E-state index in [1.807, 2.05) is 13.2 Å². The molecule has 0 radical (unpaired) electrons. The van der Waals surface area contributed by atoms with Gasteiger partial charge in [0.1, 0.15) is 5.82 Å². The zero-order valence-corrected chi connectivity index (χ0v) is 15.3. The molecule has 0 bridgehead atoms. The number of nitrogens with one attached hydrogen (secondary N) is 2. The van der Waals surface area contributed by atoms with Crippen LogP contribution in [0, 0.1) is 0 Å². The van der Waals surface area contributed by atoms with Crippen molar-refractivity contribution in [3.8, 4) is 0 Å². The Balaban J connectivity index is 1.79. The molecule has 0 aliphatic carbocycles. The lowest BCUT2D eigenvalue weighted by Crippen LogP contribution is -2.39. The summed E-state index contributed by atoms with van der Waals surface area (Å²) in [6, 6.07) is 4.23. The lowest BCUT2D eigenvalue weighted by Gasteiger charge is -2.20. The second-order valence-electron chi connectivity index (χ2n) is 5.64. The van der Waals surface area contributed by atoms with E-state index in [0.29, 0.717) is 0 Å². The Morgan fingerprint density at radius 1 is 1.35 bits per heavy atom. The highest BCUT2D eigenvalue weighted by Gasteiger charge is 2.15. The highest BCUT2D eigenvalue weighted by Crippen LogP contribution is 2.25. The van der Waals surface area contributed by atoms with Gasteiger partial charge in [-0.2, -0.15) is 11.8 Å². The number of hydrogen-bond donors (Lipinski definition) is 2. The summed E-state index contributed by atoms with van der Waals surface area (Å²) in [5, 5.41) is 7.51. The van der Waals surface area contributed by atoms with Crippen LogP contribution in [0.4, 0.5) is 5.82 Å². The Morgan fingerprint density at radius 2 is 2.17 bits per heavy atom. The topological polar surface area (TPSA) is 52.5 Å². The van der Waals surface area contributed by atoms with Gasteiger partial charge in [-0.3, -0.25) is 4.99 Å². The fourth-order valence-electron chi connectivity index (χ4n) is 2.68. The summed E-state index contributed by atoms with van der Waals surface area (Å²) in [6.07, 6.45) is 4.60. The third-order valence-electron chi connectivity index (χ3n) is 4.10. The van der Waals surface area contributed by atoms with Gasteiger partial charge in [-0.05, 0) is 44.1 Å². The van der Waals surface area contributed by atoms with E-state index in [1.54, 1.807) is 0 Å². The molecule has 2 rings (SSSR count). The van der Waals surface area contributed by atoms with Crippen molar-refractivity contribution in [1.82, 2.24) is 15.6 Å². The maximum absolute atomic E-state index is 4.56. The summed E-state index contributed by atoms with van der Waals surface area (Å²) in [5.41, 5.74) is 1.17. The summed E-state index contributed by atoms with van der Waals surface area (Å²) in [5.74, 6) is 3.20. The molecule has 128 valence electrons. The van der Waals surface area contributed by atoms with Gasteiger partial charge < -0.3 is 15.5 Å². The van der Waals surface area contributed by atoms with Crippen LogP contribution in [0.1, 0.15) is 32.3 Å². The van der Waals surface area contributed by atoms with Gasteiger partial charge in [0.05, 0.1) is 0 Å². The summed E-state index contributed by atoms with van der Waals surface area (Å²) < 4.78 is 0. The fraction of sp³-hybridized carbons (Fsp3) is 0.647. The quantitative estimate of drug-likeness (QED) is 0.592. The number of guanidine groups is 1. The van der Waals surface area contributed by atoms with Crippen molar-refractivity contribution in [1.29, 1.82) is 0 Å². The highest BCUT2D eigenvalue weighted by molar-refractivity contribution is 8.00. The highest BCUT2D eigenvalue weighted by atomic mass is 32.2. The van der Waals surface area contributed by atoms with Gasteiger partial charge >= 0.3 is 0 Å². The van der Waals surface area contributed by atoms with Gasteiger partial charge in [0.2, 0.25) is 0 Å². The number of anilines is 1. The van der Waals surface area contributed by atoms with Crippen molar-refractivity contribution in [2.45, 2.75) is 38.5 Å². The number of hydrogen-bond acceptors (Lipinski definition) is 4. The van der Waals surface area contributed by atoms with E-state index < -0.39 is 0 Å². The number of thioether (sulfide) groups is 1. The number of nitrogens with zero attached hydrogens (tertiary/aromatic N) is 3. The van der Waals surface area contributed by atoms with Crippen LogP contribution >= 0.6 is 11.8 Å². The molecule has 1 aliphatic rings. The molecule has 0 amide bonds. The van der Waals surface area contributed by atoms with Crippen molar-refractivity contribution in [3.05, 3.63) is 23.9 Å². The maximum atomic E-state index is 4.56. The van der Waals surface area contributed by atoms with E-state index in [2.05, 4.69) is 63.3 Å². The van der Waals surface area contributed by atoms with E-state index >= 15 is 0 Å². The Bertz CT molecular complexity index is 478. The largest absolute Gasteiger partial charge is 0.357 e. The van der Waals surface area contributed by atoms with Crippen molar-refractivity contribution < 1.29 is 0 Å². The molecular formula is C17H29N5S. The van der Waals surface area contributed by atoms with Crippen LogP contribution in [0.2, 0.25) is 0 Å². The second kappa shape index (κ2) is 9.65. The predicted octanol–water partition coefficient (Wildman–Crippen LogP) is 2.49. The molecule has 2 heterocycles. The van der Waals surface area contributed by atoms with Gasteiger partial charge in [0, 0.05) is 44.7 Å². The molecule has 0 aromatic carbocycles. The van der Waals surface area contributed by atoms with Crippen LogP contribution in [0.5, 0.6) is 0 Å². The first-order valence-electron chi connectivity index (χ1n) is 8.52. The SMILES string of the molecule is CCN(CC)c1ccc(CNC(=NC)NCC2CCCS2)cn1. The zero-order valence-electron chi connectivity index (χ0n) is 14.5. The van der Waals surface area contributed by atoms with Crippen molar-refractivity contribution in [2.24, 2.45) is 4.99 Å². The molecule has 0 saturated carbocycles. The molecule has 5 nitrogen and oxygen atoms in total. The van der Waals surface area contributed by atoms with Crippen molar-refractivity contribution >= 4 is 23.5 Å². The number of aromatic nitrogens is 1. The molecule has 1 atom stereocenters. The summed E-state index contributed by atoms with van der Waals surface area (Å²) in [6.45, 7) is 8.00. The number of pyridine rings is 1. The van der Waals surface area contributed by atoms with E-state index in [9.17, 15) is 0 Å². The first-order chi connectivity index (χ1) is 11.3. The molecule has 1 aromatic heterocycles. The molecule has 1 saturated heterocycles. The number of rotatable bonds is 7. The molecule has 1 fully saturated rings. The third kappa shape index (κ3) is 5.61. The second-order valence-corrected chi connectivity index (χ2v) is 7.05. The minimum Gasteiger partial charge on any atom is -0.357 e. The Morgan fingerprint density at radius 3 is 2.74 bits per heavy atom. The van der Waals surface area contributed by atoms with Crippen LogP contribution in [-0.2, 0) is 6.54 Å². The van der Waals surface area contributed by atoms with Crippen molar-refractivity contribution in [2.75, 3.05) is 37.3 Å². The van der Waals surface area contributed by atoms with Crippen molar-refractivity contribution in [3.63, 3.8) is 0 Å². The molecule has 0 spiro atoms. The van der Waals surface area contributed by atoms with Crippen LogP contribution in [0.15, 0.2) is 23.3 Å². The standard InChI is InChI=1S/C17H29N5S/c1-4-22(5-2)16-9-8-14(11-19-16)12-20-17(18-3)21-13-15-7-6-10-23-15/h8-9,11,15H,4-7,10,12-13H2,1-3H3,(H2,18,20,21). The molecule has 1 aliphatic heterocycles. The van der Waals surface area contributed by atoms with Gasteiger partial charge in [0.25, 0.3) is 0 Å². The van der Waals surface area contributed by atoms with Gasteiger partial charge in [0.15, 0.2) is 5.96 Å². The summed E-state index contributed by atoms with van der Waals surface area (Å²) in [7, 11) is 1.82. The fourth-order valence-corrected chi connectivity index (χ4v) is 3.88. The van der Waals surface area contributed by atoms with Crippen LogP contribution in [0.3, 0.4) is 0 Å². The van der Waals surface area contributed by atoms with E-state index in [1.165, 1.54) is 24.2 Å². The molecule has 6 heteroatoms. The van der Waals surface area contributed by atoms with Gasteiger partial charge in [-0.25, -0.2) is 4.98 Å². The average Bonchev–Trinajstić information content (AvgIpc) is 3.11. The summed E-state index contributed by atoms with van der Waals surface area (Å²) >= 11 is 2.06. The Kier molecular flexibility index (Phi) is 7.52.